The molecule has 0 fully saturated rings. The molecule has 2 N–H and O–H groups in total. The lowest BCUT2D eigenvalue weighted by Crippen LogP contribution is -2.54. The smallest absolute Gasteiger partial charge is 0.326 e. The van der Waals surface area contributed by atoms with Crippen LogP contribution in [0.25, 0.3) is 0 Å². The number of hydrogen-bond donors (Lipinski definition) is 2. The normalized spacial score (nSPS) is 13.4. The minimum atomic E-state index is -0.955. The highest BCUT2D eigenvalue weighted by Gasteiger charge is 2.37. The largest absolute Gasteiger partial charge is 0.480 e. The van der Waals surface area contributed by atoms with Gasteiger partial charge in [0.05, 0.1) is 13.2 Å². The van der Waals surface area contributed by atoms with Crippen molar-refractivity contribution in [3.05, 3.63) is 12.2 Å². The molecule has 0 aromatic rings. The molecular formula is C26H49NO4. The average Bonchev–Trinajstić information content (AvgIpc) is 2.75. The number of allylic oxidation sites excluding steroid dienone is 2. The van der Waals surface area contributed by atoms with E-state index in [2.05, 4.69) is 24.4 Å². The molecule has 0 rings (SSSR count). The molecule has 5 heteroatoms. The summed E-state index contributed by atoms with van der Waals surface area (Å²) in [5.74, 6) is -1.28. The Kier molecular flexibility index (Phi) is 19.6. The first-order valence-electron chi connectivity index (χ1n) is 12.8. The van der Waals surface area contributed by atoms with Crippen molar-refractivity contribution in [2.45, 2.75) is 129 Å². The van der Waals surface area contributed by atoms with Crippen molar-refractivity contribution in [3.63, 3.8) is 0 Å². The van der Waals surface area contributed by atoms with Crippen LogP contribution in [0.1, 0.15) is 124 Å². The Morgan fingerprint density at radius 1 is 0.806 bits per heavy atom. The van der Waals surface area contributed by atoms with Gasteiger partial charge in [-0.05, 0) is 45.4 Å². The third-order valence-corrected chi connectivity index (χ3v) is 5.96. The van der Waals surface area contributed by atoms with Crippen molar-refractivity contribution >= 4 is 11.9 Å². The average molecular weight is 440 g/mol. The van der Waals surface area contributed by atoms with E-state index < -0.39 is 11.5 Å². The van der Waals surface area contributed by atoms with E-state index in [4.69, 9.17) is 9.84 Å². The minimum absolute atomic E-state index is 0.223. The van der Waals surface area contributed by atoms with Crippen LogP contribution >= 0.6 is 0 Å². The first-order valence-corrected chi connectivity index (χ1v) is 12.8. The quantitative estimate of drug-likeness (QED) is 0.110. The molecule has 182 valence electrons. The van der Waals surface area contributed by atoms with Crippen molar-refractivity contribution in [1.29, 1.82) is 0 Å². The van der Waals surface area contributed by atoms with Gasteiger partial charge in [-0.15, -0.1) is 0 Å². The second kappa shape index (κ2) is 20.5. The van der Waals surface area contributed by atoms with Crippen LogP contribution in [-0.4, -0.2) is 35.7 Å². The molecule has 0 radical (unpaired) electrons. The number of rotatable bonds is 22. The highest BCUT2D eigenvalue weighted by molar-refractivity contribution is 5.81. The molecule has 0 saturated carbocycles. The SMILES string of the molecule is CCCCCCCC/C=C\CCCCCCCCC(CC)(NCC(=O)O)C(=O)OCC. The van der Waals surface area contributed by atoms with Gasteiger partial charge in [0.1, 0.15) is 5.54 Å². The summed E-state index contributed by atoms with van der Waals surface area (Å²) in [5.41, 5.74) is -0.880. The molecule has 0 aromatic carbocycles. The van der Waals surface area contributed by atoms with Gasteiger partial charge < -0.3 is 9.84 Å². The Morgan fingerprint density at radius 3 is 1.81 bits per heavy atom. The summed E-state index contributed by atoms with van der Waals surface area (Å²) in [7, 11) is 0. The molecule has 0 spiro atoms. The fourth-order valence-corrected chi connectivity index (χ4v) is 3.90. The Hall–Kier alpha value is -1.36. The van der Waals surface area contributed by atoms with Gasteiger partial charge in [0.2, 0.25) is 0 Å². The molecule has 0 heterocycles. The van der Waals surface area contributed by atoms with E-state index in [0.717, 1.165) is 19.3 Å². The van der Waals surface area contributed by atoms with E-state index >= 15 is 0 Å². The maximum absolute atomic E-state index is 12.4. The fraction of sp³-hybridized carbons (Fsp3) is 0.846. The number of carboxylic acids is 1. The van der Waals surface area contributed by atoms with E-state index in [-0.39, 0.29) is 12.5 Å². The van der Waals surface area contributed by atoms with Crippen molar-refractivity contribution < 1.29 is 19.4 Å². The summed E-state index contributed by atoms with van der Waals surface area (Å²) in [6.45, 7) is 6.03. The highest BCUT2D eigenvalue weighted by atomic mass is 16.5. The van der Waals surface area contributed by atoms with Crippen LogP contribution in [0.4, 0.5) is 0 Å². The Morgan fingerprint density at radius 2 is 1.32 bits per heavy atom. The van der Waals surface area contributed by atoms with Crippen LogP contribution in [0.2, 0.25) is 0 Å². The maximum atomic E-state index is 12.4. The zero-order valence-electron chi connectivity index (χ0n) is 20.6. The van der Waals surface area contributed by atoms with Gasteiger partial charge in [-0.2, -0.15) is 0 Å². The molecule has 0 aromatic heterocycles. The fourth-order valence-electron chi connectivity index (χ4n) is 3.90. The predicted octanol–water partition coefficient (Wildman–Crippen LogP) is 6.80. The summed E-state index contributed by atoms with van der Waals surface area (Å²) in [6.07, 6.45) is 23.2. The van der Waals surface area contributed by atoms with Crippen LogP contribution in [0, 0.1) is 0 Å². The number of nitrogens with one attached hydrogen (secondary N) is 1. The van der Waals surface area contributed by atoms with E-state index in [1.807, 2.05) is 6.92 Å². The van der Waals surface area contributed by atoms with E-state index in [1.54, 1.807) is 6.92 Å². The molecule has 0 amide bonds. The molecule has 0 aliphatic heterocycles. The van der Waals surface area contributed by atoms with Crippen LogP contribution in [0.15, 0.2) is 12.2 Å². The molecule has 5 nitrogen and oxygen atoms in total. The summed E-state index contributed by atoms with van der Waals surface area (Å²) >= 11 is 0. The molecule has 1 unspecified atom stereocenters. The first-order chi connectivity index (χ1) is 15.0. The van der Waals surface area contributed by atoms with E-state index in [1.165, 1.54) is 70.6 Å². The topological polar surface area (TPSA) is 75.6 Å². The van der Waals surface area contributed by atoms with Crippen LogP contribution in [0.5, 0.6) is 0 Å². The third kappa shape index (κ3) is 16.0. The van der Waals surface area contributed by atoms with Crippen LogP contribution in [0.3, 0.4) is 0 Å². The predicted molar refractivity (Wildman–Crippen MR) is 129 cm³/mol. The number of ether oxygens (including phenoxy) is 1. The van der Waals surface area contributed by atoms with E-state index in [9.17, 15) is 9.59 Å². The molecule has 1 atom stereocenters. The summed E-state index contributed by atoms with van der Waals surface area (Å²) < 4.78 is 5.21. The number of esters is 1. The van der Waals surface area contributed by atoms with Gasteiger partial charge >= 0.3 is 11.9 Å². The lowest BCUT2D eigenvalue weighted by Gasteiger charge is -2.31. The summed E-state index contributed by atoms with van der Waals surface area (Å²) in [6, 6.07) is 0. The number of aliphatic carboxylic acids is 1. The lowest BCUT2D eigenvalue weighted by molar-refractivity contribution is -0.152. The van der Waals surface area contributed by atoms with Crippen LogP contribution < -0.4 is 5.32 Å². The molecule has 0 bridgehead atoms. The number of carbonyl (C=O) groups is 2. The second-order valence-corrected chi connectivity index (χ2v) is 8.59. The van der Waals surface area contributed by atoms with Crippen molar-refractivity contribution in [1.82, 2.24) is 5.32 Å². The molecule has 0 aliphatic rings. The van der Waals surface area contributed by atoms with Crippen molar-refractivity contribution in [2.75, 3.05) is 13.2 Å². The van der Waals surface area contributed by atoms with E-state index in [0.29, 0.717) is 19.4 Å². The highest BCUT2D eigenvalue weighted by Crippen LogP contribution is 2.22. The molecule has 0 saturated heterocycles. The van der Waals surface area contributed by atoms with Gasteiger partial charge in [-0.1, -0.05) is 90.2 Å². The monoisotopic (exact) mass is 439 g/mol. The standard InChI is InChI=1S/C26H49NO4/c1-4-7-8-9-10-11-12-13-14-15-16-17-18-19-20-21-22-26(5-2,25(30)31-6-3)27-23-24(28)29/h13-14,27H,4-12,15-23H2,1-3H3,(H,28,29)/b14-13-. The number of unbranched alkanes of at least 4 members (excludes halogenated alkanes) is 12. The summed E-state index contributed by atoms with van der Waals surface area (Å²) in [4.78, 5) is 23.4. The zero-order valence-corrected chi connectivity index (χ0v) is 20.6. The second-order valence-electron chi connectivity index (χ2n) is 8.59. The maximum Gasteiger partial charge on any atom is 0.326 e. The van der Waals surface area contributed by atoms with Gasteiger partial charge in [-0.25, -0.2) is 0 Å². The summed E-state index contributed by atoms with van der Waals surface area (Å²) in [5, 5.41) is 11.9. The number of carboxylic acid groups (broad SMARTS) is 1. The van der Waals surface area contributed by atoms with Crippen LogP contribution in [-0.2, 0) is 14.3 Å². The van der Waals surface area contributed by atoms with Gasteiger partial charge in [0.15, 0.2) is 0 Å². The molecule has 0 aliphatic carbocycles. The third-order valence-electron chi connectivity index (χ3n) is 5.96. The Balaban J connectivity index is 3.86. The van der Waals surface area contributed by atoms with Crippen molar-refractivity contribution in [2.24, 2.45) is 0 Å². The van der Waals surface area contributed by atoms with Gasteiger partial charge in [0, 0.05) is 0 Å². The zero-order chi connectivity index (χ0) is 23.2. The van der Waals surface area contributed by atoms with Gasteiger partial charge in [0.25, 0.3) is 0 Å². The number of carbonyl (C=O) groups excluding carboxylic acids is 1. The van der Waals surface area contributed by atoms with Crippen molar-refractivity contribution in [3.8, 4) is 0 Å². The molecule has 31 heavy (non-hydrogen) atoms. The first kappa shape index (κ1) is 29.6. The molecular weight excluding hydrogens is 390 g/mol. The Bertz CT molecular complexity index is 478. The minimum Gasteiger partial charge on any atom is -0.480 e. The number of hydrogen-bond acceptors (Lipinski definition) is 4. The Labute approximate surface area is 191 Å². The lowest BCUT2D eigenvalue weighted by atomic mass is 9.89. The van der Waals surface area contributed by atoms with Gasteiger partial charge in [-0.3, -0.25) is 14.9 Å².